The zero-order valence-corrected chi connectivity index (χ0v) is 13.9. The van der Waals surface area contributed by atoms with Crippen molar-refractivity contribution in [2.45, 2.75) is 4.90 Å². The fourth-order valence-electron chi connectivity index (χ4n) is 2.84. The number of nitrogens with zero attached hydrogens (tertiary/aromatic N) is 2. The number of hydrogen-bond donors (Lipinski definition) is 1. The molecule has 0 saturated heterocycles. The summed E-state index contributed by atoms with van der Waals surface area (Å²) in [6, 6.07) is 6.57. The lowest BCUT2D eigenvalue weighted by molar-refractivity contribution is 0.339. The van der Waals surface area contributed by atoms with E-state index in [4.69, 9.17) is 0 Å². The molecule has 0 amide bonds. The van der Waals surface area contributed by atoms with Crippen molar-refractivity contribution in [2.75, 3.05) is 26.0 Å². The summed E-state index contributed by atoms with van der Waals surface area (Å²) in [7, 11) is 0. The second-order valence-corrected chi connectivity index (χ2v) is 7.65. The number of aliphatic hydroxyl groups excluding tert-OH is 1. The molecule has 0 bridgehead atoms. The van der Waals surface area contributed by atoms with Crippen LogP contribution >= 0.6 is 34.9 Å². The Morgan fingerprint density at radius 2 is 2.29 bits per heavy atom. The number of thioether (sulfide) groups is 2. The molecule has 2 aliphatic rings. The third-order valence-electron chi connectivity index (χ3n) is 3.75. The predicted molar refractivity (Wildman–Crippen MR) is 94.2 cm³/mol. The summed E-state index contributed by atoms with van der Waals surface area (Å²) in [5, 5.41) is 14.2. The van der Waals surface area contributed by atoms with Crippen molar-refractivity contribution in [1.82, 2.24) is 4.90 Å². The van der Waals surface area contributed by atoms with Gasteiger partial charge < -0.3 is 10.0 Å². The Balaban J connectivity index is 1.93. The molecule has 2 aliphatic heterocycles. The van der Waals surface area contributed by atoms with E-state index in [-0.39, 0.29) is 6.61 Å². The smallest absolute Gasteiger partial charge is 0.168 e. The van der Waals surface area contributed by atoms with Crippen LogP contribution in [0, 0.1) is 0 Å². The van der Waals surface area contributed by atoms with Gasteiger partial charge in [0, 0.05) is 32.0 Å². The van der Waals surface area contributed by atoms with Crippen molar-refractivity contribution in [2.24, 2.45) is 4.99 Å². The molecule has 21 heavy (non-hydrogen) atoms. The first-order chi connectivity index (χ1) is 10.3. The Labute approximate surface area is 135 Å². The average molecular weight is 334 g/mol. The van der Waals surface area contributed by atoms with Crippen molar-refractivity contribution in [3.63, 3.8) is 0 Å². The van der Waals surface area contributed by atoms with Crippen LogP contribution in [0.15, 0.2) is 38.4 Å². The lowest BCUT2D eigenvalue weighted by atomic mass is 10.1. The maximum Gasteiger partial charge on any atom is 0.168 e. The van der Waals surface area contributed by atoms with Gasteiger partial charge in [0.2, 0.25) is 0 Å². The molecule has 2 aromatic rings. The molecule has 0 aliphatic carbocycles. The SMILES string of the molecule is CSc1ccc(C2=C(CO)SC3=NCCN32)c2ccsc12. The first-order valence-electron chi connectivity index (χ1n) is 6.72. The molecule has 1 N–H and O–H groups in total. The maximum absolute atomic E-state index is 9.71. The van der Waals surface area contributed by atoms with E-state index < -0.39 is 0 Å². The minimum atomic E-state index is 0.0748. The molecule has 0 atom stereocenters. The highest BCUT2D eigenvalue weighted by Crippen LogP contribution is 2.45. The minimum absolute atomic E-state index is 0.0748. The number of aliphatic hydroxyl groups is 1. The van der Waals surface area contributed by atoms with Gasteiger partial charge in [0.15, 0.2) is 5.17 Å². The molecule has 0 fully saturated rings. The molecule has 0 spiro atoms. The molecular weight excluding hydrogens is 320 g/mol. The van der Waals surface area contributed by atoms with Gasteiger partial charge in [-0.3, -0.25) is 4.99 Å². The summed E-state index contributed by atoms with van der Waals surface area (Å²) in [5.41, 5.74) is 2.36. The summed E-state index contributed by atoms with van der Waals surface area (Å²) in [6.45, 7) is 1.84. The van der Waals surface area contributed by atoms with Crippen LogP contribution in [-0.2, 0) is 0 Å². The van der Waals surface area contributed by atoms with Crippen LogP contribution in [0.1, 0.15) is 5.56 Å². The molecular formula is C15H14N2OS3. The molecule has 1 aromatic carbocycles. The first kappa shape index (κ1) is 13.7. The third-order valence-corrected chi connectivity index (χ3v) is 6.71. The van der Waals surface area contributed by atoms with Crippen LogP contribution in [0.4, 0.5) is 0 Å². The van der Waals surface area contributed by atoms with Gasteiger partial charge in [-0.2, -0.15) is 0 Å². The normalized spacial score (nSPS) is 17.8. The Morgan fingerprint density at radius 1 is 1.38 bits per heavy atom. The zero-order valence-electron chi connectivity index (χ0n) is 11.5. The van der Waals surface area contributed by atoms with Crippen LogP contribution in [0.25, 0.3) is 15.8 Å². The van der Waals surface area contributed by atoms with Gasteiger partial charge in [0.05, 0.1) is 18.8 Å². The zero-order chi connectivity index (χ0) is 14.4. The molecule has 108 valence electrons. The van der Waals surface area contributed by atoms with Crippen molar-refractivity contribution < 1.29 is 5.11 Å². The Kier molecular flexibility index (Phi) is 3.49. The van der Waals surface area contributed by atoms with Gasteiger partial charge in [-0.15, -0.1) is 23.1 Å². The van der Waals surface area contributed by atoms with Gasteiger partial charge in [-0.1, -0.05) is 17.8 Å². The molecule has 3 heterocycles. The molecule has 0 radical (unpaired) electrons. The highest BCUT2D eigenvalue weighted by atomic mass is 32.2. The molecule has 1 aromatic heterocycles. The van der Waals surface area contributed by atoms with Gasteiger partial charge in [-0.05, 0) is 23.8 Å². The van der Waals surface area contributed by atoms with E-state index in [1.165, 1.54) is 20.5 Å². The fourth-order valence-corrected chi connectivity index (χ4v) is 5.61. The van der Waals surface area contributed by atoms with E-state index in [2.05, 4.69) is 39.7 Å². The third kappa shape index (κ3) is 2.04. The number of fused-ring (bicyclic) bond motifs is 2. The predicted octanol–water partition coefficient (Wildman–Crippen LogP) is 3.70. The molecule has 6 heteroatoms. The maximum atomic E-state index is 9.71. The molecule has 0 unspecified atom stereocenters. The number of hydrogen-bond acceptors (Lipinski definition) is 6. The van der Waals surface area contributed by atoms with Crippen molar-refractivity contribution in [3.05, 3.63) is 34.0 Å². The summed E-state index contributed by atoms with van der Waals surface area (Å²) in [6.07, 6.45) is 2.11. The summed E-state index contributed by atoms with van der Waals surface area (Å²) >= 11 is 5.18. The second kappa shape index (κ2) is 5.35. The first-order valence-corrected chi connectivity index (χ1v) is 9.64. The van der Waals surface area contributed by atoms with Crippen molar-refractivity contribution >= 4 is 55.8 Å². The van der Waals surface area contributed by atoms with Gasteiger partial charge in [-0.25, -0.2) is 0 Å². The second-order valence-electron chi connectivity index (χ2n) is 4.83. The number of benzene rings is 1. The highest BCUT2D eigenvalue weighted by Gasteiger charge is 2.33. The standard InChI is InChI=1S/C15H14N2OS3/c1-19-11-3-2-9(10-4-7-20-14(10)11)13-12(8-18)21-15-16-5-6-17(13)15/h2-4,7,18H,5-6,8H2,1H3. The van der Waals surface area contributed by atoms with Gasteiger partial charge in [0.1, 0.15) is 0 Å². The van der Waals surface area contributed by atoms with Crippen LogP contribution in [0.5, 0.6) is 0 Å². The van der Waals surface area contributed by atoms with E-state index >= 15 is 0 Å². The van der Waals surface area contributed by atoms with E-state index in [9.17, 15) is 5.11 Å². The van der Waals surface area contributed by atoms with Crippen molar-refractivity contribution in [1.29, 1.82) is 0 Å². The number of thiophene rings is 1. The van der Waals surface area contributed by atoms with E-state index in [0.717, 1.165) is 28.9 Å². The van der Waals surface area contributed by atoms with Gasteiger partial charge >= 0.3 is 0 Å². The Hall–Kier alpha value is -0.950. The minimum Gasteiger partial charge on any atom is -0.391 e. The monoisotopic (exact) mass is 334 g/mol. The molecule has 4 rings (SSSR count). The summed E-state index contributed by atoms with van der Waals surface area (Å²) in [4.78, 5) is 9.10. The number of amidine groups is 1. The Morgan fingerprint density at radius 3 is 3.10 bits per heavy atom. The van der Waals surface area contributed by atoms with Crippen molar-refractivity contribution in [3.8, 4) is 0 Å². The topological polar surface area (TPSA) is 35.8 Å². The highest BCUT2D eigenvalue weighted by molar-refractivity contribution is 8.17. The summed E-state index contributed by atoms with van der Waals surface area (Å²) < 4.78 is 1.33. The van der Waals surface area contributed by atoms with Crippen LogP contribution < -0.4 is 0 Å². The van der Waals surface area contributed by atoms with Crippen LogP contribution in [0.3, 0.4) is 0 Å². The molecule has 0 saturated carbocycles. The van der Waals surface area contributed by atoms with Gasteiger partial charge in [0.25, 0.3) is 0 Å². The number of rotatable bonds is 3. The van der Waals surface area contributed by atoms with Crippen LogP contribution in [-0.4, -0.2) is 41.1 Å². The Bertz CT molecular complexity index is 778. The lowest BCUT2D eigenvalue weighted by Crippen LogP contribution is -2.20. The lowest BCUT2D eigenvalue weighted by Gasteiger charge is -2.18. The van der Waals surface area contributed by atoms with E-state index in [1.807, 2.05) is 0 Å². The quantitative estimate of drug-likeness (QED) is 0.868. The van der Waals surface area contributed by atoms with Crippen LogP contribution in [0.2, 0.25) is 0 Å². The summed E-state index contributed by atoms with van der Waals surface area (Å²) in [5.74, 6) is 0. The number of aliphatic imine (C=N–C) groups is 1. The van der Waals surface area contributed by atoms with E-state index in [1.54, 1.807) is 34.9 Å². The largest absolute Gasteiger partial charge is 0.391 e. The average Bonchev–Trinajstić information content (AvgIpc) is 3.20. The van der Waals surface area contributed by atoms with E-state index in [0.29, 0.717) is 0 Å². The fraction of sp³-hybridized carbons (Fsp3) is 0.267. The molecule has 3 nitrogen and oxygen atoms in total.